The van der Waals surface area contributed by atoms with E-state index in [0.717, 1.165) is 0 Å². The van der Waals surface area contributed by atoms with E-state index in [1.165, 1.54) is 0 Å². The fourth-order valence-corrected chi connectivity index (χ4v) is 0.658. The lowest BCUT2D eigenvalue weighted by molar-refractivity contribution is -0.136. The molecule has 6 heteroatoms. The summed E-state index contributed by atoms with van der Waals surface area (Å²) in [5.41, 5.74) is 0.593. The molecule has 0 spiro atoms. The highest BCUT2D eigenvalue weighted by molar-refractivity contribution is 5.69. The zero-order chi connectivity index (χ0) is 9.40. The number of aromatic nitrogens is 1. The summed E-state index contributed by atoms with van der Waals surface area (Å²) < 4.78 is 0. The van der Waals surface area contributed by atoms with Gasteiger partial charge in [0.05, 0.1) is 12.1 Å². The normalized spacial score (nSPS) is 7.54. The Morgan fingerprint density at radius 2 is 2.08 bits per heavy atom. The predicted octanol–water partition coefficient (Wildman–Crippen LogP) is -1.30. The van der Waals surface area contributed by atoms with E-state index in [9.17, 15) is 4.79 Å². The van der Waals surface area contributed by atoms with Gasteiger partial charge in [-0.05, 0) is 12.1 Å². The highest BCUT2D eigenvalue weighted by atomic mass is 16.4. The molecule has 7 N–H and O–H groups in total. The Bertz CT molecular complexity index is 228. The summed E-state index contributed by atoms with van der Waals surface area (Å²) in [7, 11) is 0. The smallest absolute Gasteiger partial charge is 0.309 e. The monoisotopic (exact) mass is 187 g/mol. The molecule has 1 aromatic rings. The molecule has 0 bridgehead atoms. The first-order chi connectivity index (χ1) is 5.79. The maximum absolute atomic E-state index is 10.1. The molecule has 0 aliphatic rings. The van der Waals surface area contributed by atoms with Crippen molar-refractivity contribution < 1.29 is 15.4 Å². The van der Waals surface area contributed by atoms with Crippen LogP contribution in [0.15, 0.2) is 24.4 Å². The average molecular weight is 187 g/mol. The van der Waals surface area contributed by atoms with Crippen LogP contribution in [0.5, 0.6) is 0 Å². The van der Waals surface area contributed by atoms with Gasteiger partial charge in [0.25, 0.3) is 0 Å². The van der Waals surface area contributed by atoms with Gasteiger partial charge in [0.2, 0.25) is 0 Å². The van der Waals surface area contributed by atoms with Gasteiger partial charge < -0.3 is 10.6 Å². The van der Waals surface area contributed by atoms with Crippen LogP contribution in [0.1, 0.15) is 5.69 Å². The number of hydrogen-bond donors (Lipinski definition) is 3. The minimum absolute atomic E-state index is 0. The van der Waals surface area contributed by atoms with Crippen LogP contribution in [0.25, 0.3) is 0 Å². The zero-order valence-corrected chi connectivity index (χ0v) is 6.97. The molecule has 0 saturated carbocycles. The molecule has 13 heavy (non-hydrogen) atoms. The fourth-order valence-electron chi connectivity index (χ4n) is 0.658. The third-order valence-electron chi connectivity index (χ3n) is 1.06. The first-order valence-electron chi connectivity index (χ1n) is 3.24. The molecule has 0 amide bonds. The molecule has 0 unspecified atom stereocenters. The van der Waals surface area contributed by atoms with E-state index >= 15 is 0 Å². The molecular weight excluding hydrogens is 174 g/mol. The van der Waals surface area contributed by atoms with Gasteiger partial charge >= 0.3 is 5.97 Å². The quantitative estimate of drug-likeness (QED) is 0.391. The molecule has 6 nitrogen and oxygen atoms in total. The van der Waals surface area contributed by atoms with Gasteiger partial charge in [0.1, 0.15) is 0 Å². The van der Waals surface area contributed by atoms with E-state index < -0.39 is 5.97 Å². The van der Waals surface area contributed by atoms with E-state index in [1.807, 2.05) is 0 Å². The van der Waals surface area contributed by atoms with E-state index in [2.05, 4.69) is 16.7 Å². The van der Waals surface area contributed by atoms with Crippen molar-refractivity contribution in [2.75, 3.05) is 0 Å². The van der Waals surface area contributed by atoms with Crippen LogP contribution >= 0.6 is 0 Å². The molecule has 0 aromatic carbocycles. The molecule has 0 radical (unpaired) electrons. The Kier molecular flexibility index (Phi) is 9.29. The molecular formula is C7H13N3O3. The van der Waals surface area contributed by atoms with Crippen molar-refractivity contribution in [1.29, 1.82) is 0 Å². The average Bonchev–Trinajstić information content (AvgIpc) is 2.08. The highest BCUT2D eigenvalue weighted by Gasteiger charge is 1.98. The lowest BCUT2D eigenvalue weighted by atomic mass is 10.3. The molecule has 0 aliphatic carbocycles. The number of nitrogens with two attached hydrogens (primary N) is 2. The van der Waals surface area contributed by atoms with E-state index in [-0.39, 0.29) is 11.9 Å². The van der Waals surface area contributed by atoms with Crippen LogP contribution in [0.3, 0.4) is 0 Å². The molecule has 1 aromatic heterocycles. The second kappa shape index (κ2) is 8.60. The summed E-state index contributed by atoms with van der Waals surface area (Å²) >= 11 is 0. The summed E-state index contributed by atoms with van der Waals surface area (Å²) in [6.07, 6.45) is 1.58. The Morgan fingerprint density at radius 3 is 2.46 bits per heavy atom. The Morgan fingerprint density at radius 1 is 1.46 bits per heavy atom. The number of carbonyl (C=O) groups is 1. The maximum Gasteiger partial charge on any atom is 0.309 e. The van der Waals surface area contributed by atoms with Crippen LogP contribution in [0, 0.1) is 0 Å². The standard InChI is InChI=1S/C7H7NO2.H4N2.H2O/c9-7(10)5-6-3-1-2-4-8-6;1-2;/h1-4H,5H2,(H,9,10);1-2H2;1H2. The van der Waals surface area contributed by atoms with Crippen molar-refractivity contribution >= 4 is 5.97 Å². The highest BCUT2D eigenvalue weighted by Crippen LogP contribution is 1.93. The Balaban J connectivity index is 0. The lowest BCUT2D eigenvalue weighted by Gasteiger charge is -1.91. The molecule has 0 aliphatic heterocycles. The molecule has 0 atom stereocenters. The van der Waals surface area contributed by atoms with Gasteiger partial charge in [-0.15, -0.1) is 0 Å². The van der Waals surface area contributed by atoms with E-state index in [0.29, 0.717) is 5.69 Å². The number of hydrogen-bond acceptors (Lipinski definition) is 4. The van der Waals surface area contributed by atoms with Crippen LogP contribution < -0.4 is 11.7 Å². The third kappa shape index (κ3) is 6.88. The van der Waals surface area contributed by atoms with Crippen molar-refractivity contribution in [3.8, 4) is 0 Å². The number of rotatable bonds is 2. The van der Waals surface area contributed by atoms with Crippen LogP contribution in [-0.2, 0) is 11.2 Å². The van der Waals surface area contributed by atoms with Crippen molar-refractivity contribution in [1.82, 2.24) is 4.98 Å². The number of hydrazine groups is 1. The second-order valence-corrected chi connectivity index (χ2v) is 1.89. The van der Waals surface area contributed by atoms with E-state index in [4.69, 9.17) is 5.11 Å². The molecule has 1 heterocycles. The third-order valence-corrected chi connectivity index (χ3v) is 1.06. The first kappa shape index (κ1) is 14.0. The van der Waals surface area contributed by atoms with Gasteiger partial charge in [-0.1, -0.05) is 6.07 Å². The fraction of sp³-hybridized carbons (Fsp3) is 0.143. The molecule has 0 saturated heterocycles. The van der Waals surface area contributed by atoms with Crippen LogP contribution in [0.2, 0.25) is 0 Å². The van der Waals surface area contributed by atoms with Crippen molar-refractivity contribution in [2.45, 2.75) is 6.42 Å². The van der Waals surface area contributed by atoms with Crippen molar-refractivity contribution in [2.24, 2.45) is 11.7 Å². The van der Waals surface area contributed by atoms with Gasteiger partial charge in [0, 0.05) is 6.20 Å². The van der Waals surface area contributed by atoms with E-state index in [1.54, 1.807) is 24.4 Å². The summed E-state index contributed by atoms with van der Waals surface area (Å²) in [6, 6.07) is 5.21. The largest absolute Gasteiger partial charge is 0.481 e. The van der Waals surface area contributed by atoms with Gasteiger partial charge in [-0.2, -0.15) is 0 Å². The number of carboxylic acids is 1. The summed E-state index contributed by atoms with van der Waals surface area (Å²) in [5.74, 6) is 7.15. The summed E-state index contributed by atoms with van der Waals surface area (Å²) in [4.78, 5) is 14.0. The topological polar surface area (TPSA) is 134 Å². The SMILES string of the molecule is NN.O.O=C(O)Cc1ccccn1. The maximum atomic E-state index is 10.1. The zero-order valence-electron chi connectivity index (χ0n) is 6.97. The summed E-state index contributed by atoms with van der Waals surface area (Å²) in [6.45, 7) is 0. The predicted molar refractivity (Wildman–Crippen MR) is 47.6 cm³/mol. The van der Waals surface area contributed by atoms with Gasteiger partial charge in [-0.3, -0.25) is 21.5 Å². The lowest BCUT2D eigenvalue weighted by Crippen LogP contribution is -2.02. The van der Waals surface area contributed by atoms with Crippen LogP contribution in [0.4, 0.5) is 0 Å². The molecule has 74 valence electrons. The molecule has 0 fully saturated rings. The summed E-state index contributed by atoms with van der Waals surface area (Å²) in [5, 5.41) is 8.33. The van der Waals surface area contributed by atoms with Crippen LogP contribution in [-0.4, -0.2) is 21.5 Å². The number of carboxylic acid groups (broad SMARTS) is 1. The number of aliphatic carboxylic acids is 1. The number of pyridine rings is 1. The Hall–Kier alpha value is -1.50. The van der Waals surface area contributed by atoms with Gasteiger partial charge in [0.15, 0.2) is 0 Å². The first-order valence-corrected chi connectivity index (χ1v) is 3.24. The minimum Gasteiger partial charge on any atom is -0.481 e. The van der Waals surface area contributed by atoms with Crippen molar-refractivity contribution in [3.63, 3.8) is 0 Å². The molecule has 1 rings (SSSR count). The number of nitrogens with zero attached hydrogens (tertiary/aromatic N) is 1. The van der Waals surface area contributed by atoms with Gasteiger partial charge in [-0.25, -0.2) is 0 Å². The second-order valence-electron chi connectivity index (χ2n) is 1.89. The van der Waals surface area contributed by atoms with Crippen molar-refractivity contribution in [3.05, 3.63) is 30.1 Å². The Labute approximate surface area is 75.5 Å². The minimum atomic E-state index is -0.848.